The molecular weight excluding hydrogens is 1640 g/mol. The summed E-state index contributed by atoms with van der Waals surface area (Å²) in [6.07, 6.45) is -0.612. The molecule has 18 heteroatoms. The highest BCUT2D eigenvalue weighted by atomic mass is 16.5. The number of hydrogen-bond donors (Lipinski definition) is 1. The topological polar surface area (TPSA) is 235 Å². The molecule has 648 valence electrons. The summed E-state index contributed by atoms with van der Waals surface area (Å²) in [5, 5.41) is 11.6. The molecule has 0 bridgehead atoms. The van der Waals surface area contributed by atoms with Gasteiger partial charge in [0.05, 0.1) is 18.1 Å². The Kier molecular flexibility index (Phi) is 25.8. The first-order valence-electron chi connectivity index (χ1n) is 42.8. The Morgan fingerprint density at radius 1 is 0.290 bits per heavy atom. The van der Waals surface area contributed by atoms with Gasteiger partial charge in [-0.25, -0.2) is 29.0 Å². The van der Waals surface area contributed by atoms with E-state index >= 15 is 0 Å². The number of aromatic nitrogens is 2. The van der Waals surface area contributed by atoms with Crippen LogP contribution in [0.1, 0.15) is 97.8 Å². The van der Waals surface area contributed by atoms with Crippen molar-refractivity contribution in [3.63, 3.8) is 0 Å². The third kappa shape index (κ3) is 20.6. The van der Waals surface area contributed by atoms with Gasteiger partial charge in [-0.2, -0.15) is 0 Å². The molecular formula is C113H90N2O16. The van der Waals surface area contributed by atoms with Crippen molar-refractivity contribution in [2.24, 2.45) is 0 Å². The van der Waals surface area contributed by atoms with Crippen LogP contribution in [0.15, 0.2) is 398 Å². The van der Waals surface area contributed by atoms with Crippen molar-refractivity contribution in [3.05, 3.63) is 477 Å². The first-order chi connectivity index (χ1) is 63.7. The number of aryl methyl sites for hydroxylation is 6. The van der Waals surface area contributed by atoms with Gasteiger partial charge in [-0.3, -0.25) is 0 Å². The summed E-state index contributed by atoms with van der Waals surface area (Å²) in [5.41, 5.74) is 15.0. The van der Waals surface area contributed by atoms with Crippen molar-refractivity contribution < 1.29 is 50.5 Å². The molecule has 0 fully saturated rings. The molecule has 21 aromatic rings. The first kappa shape index (κ1) is 86.5. The molecule has 6 aromatic heterocycles. The van der Waals surface area contributed by atoms with E-state index in [1.54, 1.807) is 37.4 Å². The van der Waals surface area contributed by atoms with Crippen LogP contribution >= 0.6 is 0 Å². The summed E-state index contributed by atoms with van der Waals surface area (Å²) in [4.78, 5) is 65.6. The number of fused-ring (bicyclic) bond motifs is 9. The fourth-order valence-corrected chi connectivity index (χ4v) is 16.0. The Labute approximate surface area is 752 Å². The lowest BCUT2D eigenvalue weighted by Gasteiger charge is -2.21. The van der Waals surface area contributed by atoms with Gasteiger partial charge in [0.15, 0.2) is 0 Å². The Bertz CT molecular complexity index is 7930. The summed E-state index contributed by atoms with van der Waals surface area (Å²) >= 11 is 0. The van der Waals surface area contributed by atoms with Crippen molar-refractivity contribution in [1.29, 1.82) is 0 Å². The first-order valence-corrected chi connectivity index (χ1v) is 42.8. The fraction of sp³-hybridized carbons (Fsp3) is 0.115. The van der Waals surface area contributed by atoms with Crippen LogP contribution in [0.2, 0.25) is 0 Å². The molecule has 0 saturated carbocycles. The summed E-state index contributed by atoms with van der Waals surface area (Å²) < 4.78 is 62.4. The van der Waals surface area contributed by atoms with Crippen LogP contribution in [0.3, 0.4) is 0 Å². The quantitative estimate of drug-likeness (QED) is 0.0621. The summed E-state index contributed by atoms with van der Waals surface area (Å²) in [6, 6.07) is 113. The molecule has 0 aliphatic heterocycles. The molecule has 0 radical (unpaired) electrons. The van der Waals surface area contributed by atoms with Crippen molar-refractivity contribution >= 4 is 98.2 Å². The van der Waals surface area contributed by atoms with Crippen LogP contribution in [0, 0.1) is 41.5 Å². The number of nitrogens with one attached hydrogen (secondary N) is 1. The van der Waals surface area contributed by atoms with Gasteiger partial charge in [0.25, 0.3) is 0 Å². The number of methoxy groups -OCH3 is 1. The van der Waals surface area contributed by atoms with E-state index in [0.717, 1.165) is 116 Å². The van der Waals surface area contributed by atoms with E-state index in [1.807, 2.05) is 211 Å². The van der Waals surface area contributed by atoms with Crippen molar-refractivity contribution in [1.82, 2.24) is 9.97 Å². The second kappa shape index (κ2) is 39.1. The average Bonchev–Trinajstić information content (AvgIpc) is 1.55. The molecule has 15 aromatic carbocycles. The summed E-state index contributed by atoms with van der Waals surface area (Å²) in [7, 11) is 1.65. The van der Waals surface area contributed by atoms with E-state index < -0.39 is 0 Å². The number of nitrogens with zero attached hydrogens (tertiary/aromatic N) is 1. The molecule has 2 atom stereocenters. The number of benzene rings is 15. The SMILES string of the molecule is COc1ccc(C(Oc2ccc3oc(=O)cc(C)c3c2)c2ccc(C)cc2)cc1.Cc1cc(=O)oc2cc(OC(C)c3ccc4ccccc4c3)ccc12.Cc1cc(=O)oc2cc(OCc3c4ccccc4cc4ccccc34)ccc12.Cc1cc(=O)oc2cc(OCc3nc4ccccc4[nH]3)ccc12.Cc1cc(=O)oc2ccc(OC(c3ccccc3)c3ccccc3)cc12. The lowest BCUT2D eigenvalue weighted by Crippen LogP contribution is -2.09. The monoisotopic (exact) mass is 1730 g/mol. The van der Waals surface area contributed by atoms with E-state index in [0.29, 0.717) is 64.1 Å². The Balaban J connectivity index is 0.000000115. The number of para-hydroxylation sites is 2. The van der Waals surface area contributed by atoms with E-state index in [2.05, 4.69) is 138 Å². The van der Waals surface area contributed by atoms with Gasteiger partial charge in [-0.05, 0) is 246 Å². The highest BCUT2D eigenvalue weighted by Crippen LogP contribution is 2.37. The maximum atomic E-state index is 11.7. The van der Waals surface area contributed by atoms with Gasteiger partial charge in [0.1, 0.15) is 99.8 Å². The number of imidazole rings is 1. The third-order valence-electron chi connectivity index (χ3n) is 22.8. The Morgan fingerprint density at radius 2 is 0.664 bits per heavy atom. The fourth-order valence-electron chi connectivity index (χ4n) is 16.0. The van der Waals surface area contributed by atoms with Gasteiger partial charge in [-0.15, -0.1) is 0 Å². The van der Waals surface area contributed by atoms with E-state index in [-0.39, 0.29) is 46.4 Å². The van der Waals surface area contributed by atoms with Gasteiger partial charge >= 0.3 is 28.1 Å². The predicted octanol–water partition coefficient (Wildman–Crippen LogP) is 25.8. The molecule has 6 heterocycles. The molecule has 0 spiro atoms. The predicted molar refractivity (Wildman–Crippen MR) is 517 cm³/mol. The lowest BCUT2D eigenvalue weighted by molar-refractivity contribution is 0.227. The molecule has 0 aliphatic carbocycles. The smallest absolute Gasteiger partial charge is 0.336 e. The minimum Gasteiger partial charge on any atom is -0.497 e. The molecule has 21 rings (SSSR count). The summed E-state index contributed by atoms with van der Waals surface area (Å²) in [6.45, 7) is 14.3. The molecule has 0 amide bonds. The van der Waals surface area contributed by atoms with Crippen LogP contribution in [-0.2, 0) is 13.2 Å². The minimum absolute atomic E-state index is 0.112. The second-order valence-electron chi connectivity index (χ2n) is 32.0. The number of hydrogen-bond acceptors (Lipinski definition) is 17. The van der Waals surface area contributed by atoms with E-state index in [1.165, 1.54) is 68.2 Å². The maximum absolute atomic E-state index is 11.7. The molecule has 18 nitrogen and oxygen atoms in total. The number of aromatic amines is 1. The lowest BCUT2D eigenvalue weighted by atomic mass is 9.97. The molecule has 131 heavy (non-hydrogen) atoms. The zero-order chi connectivity index (χ0) is 90.6. The van der Waals surface area contributed by atoms with E-state index in [4.69, 9.17) is 50.5 Å². The molecule has 0 saturated heterocycles. The third-order valence-corrected chi connectivity index (χ3v) is 22.8. The minimum atomic E-state index is -0.357. The maximum Gasteiger partial charge on any atom is 0.336 e. The normalized spacial score (nSPS) is 11.6. The molecule has 2 unspecified atom stereocenters. The van der Waals surface area contributed by atoms with Crippen molar-refractivity contribution in [2.45, 2.75) is 80.0 Å². The Hall–Kier alpha value is -16.6. The van der Waals surface area contributed by atoms with Crippen LogP contribution in [-0.4, -0.2) is 17.1 Å². The molecule has 1 N–H and O–H groups in total. The van der Waals surface area contributed by atoms with Crippen LogP contribution in [0.25, 0.3) is 98.2 Å². The highest BCUT2D eigenvalue weighted by molar-refractivity contribution is 6.02. The second-order valence-corrected chi connectivity index (χ2v) is 32.0. The number of H-pyrrole nitrogens is 1. The number of rotatable bonds is 18. The highest BCUT2D eigenvalue weighted by Gasteiger charge is 2.21. The van der Waals surface area contributed by atoms with Gasteiger partial charge in [-0.1, -0.05) is 200 Å². The average molecular weight is 1730 g/mol. The largest absolute Gasteiger partial charge is 0.497 e. The Morgan fingerprint density at radius 3 is 1.15 bits per heavy atom. The van der Waals surface area contributed by atoms with Gasteiger partial charge < -0.3 is 55.5 Å². The summed E-state index contributed by atoms with van der Waals surface area (Å²) in [5.74, 6) is 4.97. The van der Waals surface area contributed by atoms with Crippen LogP contribution in [0.5, 0.6) is 34.5 Å². The zero-order valence-corrected chi connectivity index (χ0v) is 73.1. The van der Waals surface area contributed by atoms with Crippen LogP contribution in [0.4, 0.5) is 0 Å². The van der Waals surface area contributed by atoms with Gasteiger partial charge in [0.2, 0.25) is 0 Å². The van der Waals surface area contributed by atoms with Crippen molar-refractivity contribution in [3.8, 4) is 34.5 Å². The van der Waals surface area contributed by atoms with Gasteiger partial charge in [0, 0.05) is 81.0 Å². The van der Waals surface area contributed by atoms with Crippen molar-refractivity contribution in [2.75, 3.05) is 7.11 Å². The standard InChI is InChI=1S/C25H22O4.C25H18O3.C23H18O3.C22H18O3.C18H14N2O3/c1-16-4-6-18(7-5-16)25(19-8-10-20(27-3)11-9-19)28-21-12-13-23-22(15-21)17(2)14-24(26)29-23;1-16-12-25(26)28-24-14-19(10-11-20(16)24)27-15-23-21-8-4-2-6-17(21)13-18-7-3-5-9-22(18)23;1-16-14-22(24)26-21-13-12-19(15-20(16)21)25-23(17-8-4-2-5-9-17)18-10-6-3-7-11-18;1-14-11-22(23)25-21-13-19(9-10-20(14)21)24-15(2)17-8-7-16-5-3-4-6-18(16)12-17;1-11-8-18(21)23-16-9-12(6-7-13(11)16)22-10-17-19-14-4-2-3-5-15(14)20-17/h4-15,25H,1-3H3;2-14H,15H2,1H3;2-15,23H,1H3;3-13,15H,1-2H3;2-9H,10H2,1H3,(H,19,20). The van der Waals surface area contributed by atoms with Crippen LogP contribution < -0.4 is 56.5 Å². The van der Waals surface area contributed by atoms with E-state index in [9.17, 15) is 24.0 Å². The number of ether oxygens (including phenoxy) is 6. The molecule has 0 aliphatic rings. The zero-order valence-electron chi connectivity index (χ0n) is 73.1.